The molecule has 0 aliphatic carbocycles. The standard InChI is InChI=1S/C17H22BNO2/c1-16(2)17(3,4)21-18(20-16)15(19)14-11-7-9-12-8-5-6-10-13(12)14/h5-11,15H,19H2,1-4H3/t15-/m0/s1. The van der Waals surface area contributed by atoms with E-state index in [1.54, 1.807) is 0 Å². The van der Waals surface area contributed by atoms with Crippen LogP contribution in [0.25, 0.3) is 10.8 Å². The highest BCUT2D eigenvalue weighted by atomic mass is 16.7. The van der Waals surface area contributed by atoms with E-state index < -0.39 is 7.12 Å². The minimum atomic E-state index is -0.430. The molecule has 1 heterocycles. The van der Waals surface area contributed by atoms with Crippen molar-refractivity contribution in [3.05, 3.63) is 48.0 Å². The largest absolute Gasteiger partial charge is 0.480 e. The zero-order valence-corrected chi connectivity index (χ0v) is 13.1. The second kappa shape index (κ2) is 4.84. The van der Waals surface area contributed by atoms with Gasteiger partial charge < -0.3 is 15.0 Å². The van der Waals surface area contributed by atoms with Gasteiger partial charge in [0.2, 0.25) is 0 Å². The molecule has 1 fully saturated rings. The first-order chi connectivity index (χ1) is 9.82. The van der Waals surface area contributed by atoms with Gasteiger partial charge in [-0.2, -0.15) is 0 Å². The second-order valence-electron chi connectivity index (χ2n) is 6.72. The van der Waals surface area contributed by atoms with Crippen LogP contribution in [0, 0.1) is 0 Å². The summed E-state index contributed by atoms with van der Waals surface area (Å²) >= 11 is 0. The smallest absolute Gasteiger partial charge is 0.402 e. The maximum Gasteiger partial charge on any atom is 0.480 e. The maximum absolute atomic E-state index is 6.46. The Labute approximate surface area is 126 Å². The SMILES string of the molecule is CC1(C)OB([C@@H](N)c2cccc3ccccc23)OC1(C)C. The molecule has 3 nitrogen and oxygen atoms in total. The predicted octanol–water partition coefficient (Wildman–Crippen LogP) is 3.47. The van der Waals surface area contributed by atoms with E-state index in [1.165, 1.54) is 5.39 Å². The first-order valence-corrected chi connectivity index (χ1v) is 7.41. The van der Waals surface area contributed by atoms with Crippen molar-refractivity contribution in [3.63, 3.8) is 0 Å². The summed E-state index contributed by atoms with van der Waals surface area (Å²) in [5.41, 5.74) is 6.80. The van der Waals surface area contributed by atoms with Gasteiger partial charge in [-0.05, 0) is 44.0 Å². The third-order valence-corrected chi connectivity index (χ3v) is 4.75. The molecule has 110 valence electrons. The molecule has 1 atom stereocenters. The fourth-order valence-corrected chi connectivity index (χ4v) is 2.72. The van der Waals surface area contributed by atoms with Crippen LogP contribution < -0.4 is 5.73 Å². The van der Waals surface area contributed by atoms with Crippen molar-refractivity contribution < 1.29 is 9.31 Å². The zero-order valence-electron chi connectivity index (χ0n) is 13.1. The Balaban J connectivity index is 1.97. The van der Waals surface area contributed by atoms with E-state index in [0.29, 0.717) is 0 Å². The van der Waals surface area contributed by atoms with Crippen molar-refractivity contribution in [2.45, 2.75) is 44.8 Å². The highest BCUT2D eigenvalue weighted by molar-refractivity contribution is 6.47. The van der Waals surface area contributed by atoms with Crippen molar-refractivity contribution in [2.75, 3.05) is 0 Å². The molecule has 0 radical (unpaired) electrons. The molecule has 21 heavy (non-hydrogen) atoms. The van der Waals surface area contributed by atoms with Crippen LogP contribution in [0.1, 0.15) is 39.2 Å². The van der Waals surface area contributed by atoms with Crippen LogP contribution in [0.4, 0.5) is 0 Å². The Morgan fingerprint density at radius 3 is 2.14 bits per heavy atom. The first kappa shape index (κ1) is 14.6. The third-order valence-electron chi connectivity index (χ3n) is 4.75. The molecule has 0 saturated carbocycles. The number of fused-ring (bicyclic) bond motifs is 1. The average Bonchev–Trinajstić information content (AvgIpc) is 2.66. The maximum atomic E-state index is 6.46. The van der Waals surface area contributed by atoms with E-state index in [2.05, 4.69) is 24.3 Å². The normalized spacial score (nSPS) is 21.7. The van der Waals surface area contributed by atoms with Gasteiger partial charge in [0.25, 0.3) is 0 Å². The second-order valence-corrected chi connectivity index (χ2v) is 6.72. The van der Waals surface area contributed by atoms with Gasteiger partial charge in [-0.3, -0.25) is 0 Å². The molecule has 2 N–H and O–H groups in total. The van der Waals surface area contributed by atoms with Crippen LogP contribution in [0.15, 0.2) is 42.5 Å². The van der Waals surface area contributed by atoms with Crippen molar-refractivity contribution >= 4 is 17.9 Å². The topological polar surface area (TPSA) is 44.5 Å². The van der Waals surface area contributed by atoms with Gasteiger partial charge >= 0.3 is 7.12 Å². The van der Waals surface area contributed by atoms with Crippen LogP contribution in [-0.4, -0.2) is 18.3 Å². The summed E-state index contributed by atoms with van der Waals surface area (Å²) in [6.45, 7) is 8.18. The molecular weight excluding hydrogens is 261 g/mol. The molecule has 3 rings (SSSR count). The van der Waals surface area contributed by atoms with Gasteiger partial charge in [-0.25, -0.2) is 0 Å². The molecule has 4 heteroatoms. The van der Waals surface area contributed by atoms with E-state index in [-0.39, 0.29) is 17.1 Å². The number of benzene rings is 2. The monoisotopic (exact) mass is 283 g/mol. The third kappa shape index (κ3) is 2.37. The molecular formula is C17H22BNO2. The number of hydrogen-bond donors (Lipinski definition) is 1. The molecule has 1 saturated heterocycles. The van der Waals surface area contributed by atoms with Crippen molar-refractivity contribution in [1.29, 1.82) is 0 Å². The van der Waals surface area contributed by atoms with Crippen molar-refractivity contribution in [1.82, 2.24) is 0 Å². The fourth-order valence-electron chi connectivity index (χ4n) is 2.72. The van der Waals surface area contributed by atoms with Gasteiger partial charge in [-0.1, -0.05) is 42.5 Å². The van der Waals surface area contributed by atoms with Gasteiger partial charge in [-0.15, -0.1) is 0 Å². The minimum Gasteiger partial charge on any atom is -0.402 e. The van der Waals surface area contributed by atoms with Gasteiger partial charge in [0.05, 0.1) is 17.1 Å². The Hall–Kier alpha value is -1.36. The summed E-state index contributed by atoms with van der Waals surface area (Å²) < 4.78 is 12.2. The molecule has 2 aromatic carbocycles. The van der Waals surface area contributed by atoms with E-state index >= 15 is 0 Å². The molecule has 0 unspecified atom stereocenters. The number of rotatable bonds is 2. The van der Waals surface area contributed by atoms with E-state index in [9.17, 15) is 0 Å². The summed E-state index contributed by atoms with van der Waals surface area (Å²) in [6.07, 6.45) is 0. The van der Waals surface area contributed by atoms with E-state index in [0.717, 1.165) is 10.9 Å². The van der Waals surface area contributed by atoms with Crippen LogP contribution in [0.3, 0.4) is 0 Å². The van der Waals surface area contributed by atoms with Crippen LogP contribution >= 0.6 is 0 Å². The van der Waals surface area contributed by atoms with E-state index in [4.69, 9.17) is 15.0 Å². The van der Waals surface area contributed by atoms with Crippen molar-refractivity contribution in [2.24, 2.45) is 5.73 Å². The molecule has 1 aliphatic heterocycles. The van der Waals surface area contributed by atoms with Crippen LogP contribution in [-0.2, 0) is 9.31 Å². The fraction of sp³-hybridized carbons (Fsp3) is 0.412. The summed E-state index contributed by atoms with van der Waals surface area (Å²) in [5, 5.41) is 2.34. The van der Waals surface area contributed by atoms with Gasteiger partial charge in [0, 0.05) is 0 Å². The molecule has 0 amide bonds. The molecule has 1 aliphatic rings. The zero-order chi connectivity index (χ0) is 15.3. The number of hydrogen-bond acceptors (Lipinski definition) is 3. The predicted molar refractivity (Wildman–Crippen MR) is 87.0 cm³/mol. The average molecular weight is 283 g/mol. The summed E-state index contributed by atoms with van der Waals surface area (Å²) in [7, 11) is -0.430. The quantitative estimate of drug-likeness (QED) is 0.858. The lowest BCUT2D eigenvalue weighted by molar-refractivity contribution is 0.00578. The van der Waals surface area contributed by atoms with E-state index in [1.807, 2.05) is 45.9 Å². The summed E-state index contributed by atoms with van der Waals surface area (Å²) in [6, 6.07) is 14.4. The molecule has 0 aromatic heterocycles. The Morgan fingerprint density at radius 2 is 1.48 bits per heavy atom. The lowest BCUT2D eigenvalue weighted by Crippen LogP contribution is -2.41. The lowest BCUT2D eigenvalue weighted by Gasteiger charge is -2.32. The van der Waals surface area contributed by atoms with Gasteiger partial charge in [0.1, 0.15) is 0 Å². The van der Waals surface area contributed by atoms with Crippen molar-refractivity contribution in [3.8, 4) is 0 Å². The van der Waals surface area contributed by atoms with Gasteiger partial charge in [0.15, 0.2) is 0 Å². The Morgan fingerprint density at radius 1 is 0.905 bits per heavy atom. The van der Waals surface area contributed by atoms with Crippen LogP contribution in [0.2, 0.25) is 0 Å². The first-order valence-electron chi connectivity index (χ1n) is 7.41. The Kier molecular flexibility index (Phi) is 3.36. The lowest BCUT2D eigenvalue weighted by atomic mass is 9.73. The highest BCUT2D eigenvalue weighted by Crippen LogP contribution is 2.40. The molecule has 2 aromatic rings. The minimum absolute atomic E-state index is 0.308. The molecule has 0 spiro atoms. The highest BCUT2D eigenvalue weighted by Gasteiger charge is 2.53. The Bertz CT molecular complexity index is 647. The summed E-state index contributed by atoms with van der Waals surface area (Å²) in [4.78, 5) is 0. The van der Waals surface area contributed by atoms with Crippen LogP contribution in [0.5, 0.6) is 0 Å². The number of nitrogens with two attached hydrogens (primary N) is 1. The summed E-state index contributed by atoms with van der Waals surface area (Å²) in [5.74, 6) is -0.308. The molecule has 0 bridgehead atoms.